The number of piperidine rings is 1. The molecule has 0 amide bonds. The van der Waals surface area contributed by atoms with Gasteiger partial charge in [0.25, 0.3) is 0 Å². The van der Waals surface area contributed by atoms with Crippen LogP contribution < -0.4 is 5.73 Å². The van der Waals surface area contributed by atoms with Crippen LogP contribution in [0.25, 0.3) is 0 Å². The van der Waals surface area contributed by atoms with E-state index in [0.29, 0.717) is 5.82 Å². The van der Waals surface area contributed by atoms with Crippen molar-refractivity contribution in [3.63, 3.8) is 0 Å². The van der Waals surface area contributed by atoms with Gasteiger partial charge >= 0.3 is 0 Å². The number of aromatic nitrogens is 1. The van der Waals surface area contributed by atoms with Crippen LogP contribution in [-0.4, -0.2) is 22.5 Å². The van der Waals surface area contributed by atoms with Crippen LogP contribution in [0, 0.1) is 5.92 Å². The summed E-state index contributed by atoms with van der Waals surface area (Å²) < 4.78 is 0. The molecule has 1 aromatic rings. The maximum Gasteiger partial charge on any atom is 0.123 e. The largest absolute Gasteiger partial charge is 0.384 e. The lowest BCUT2D eigenvalue weighted by atomic mass is 10.1. The minimum absolute atomic E-state index is 0.559. The zero-order valence-corrected chi connectivity index (χ0v) is 9.95. The van der Waals surface area contributed by atoms with Gasteiger partial charge in [-0.2, -0.15) is 0 Å². The predicted octanol–water partition coefficient (Wildman–Crippen LogP) is 2.30. The van der Waals surface area contributed by atoms with E-state index in [9.17, 15) is 0 Å². The smallest absolute Gasteiger partial charge is 0.123 e. The summed E-state index contributed by atoms with van der Waals surface area (Å²) in [5.74, 6) is 1.47. The summed E-state index contributed by atoms with van der Waals surface area (Å²) in [6.07, 6.45) is 4.10. The Labute approximate surface area is 101 Å². The number of hydrogen-bond donors (Lipinski definition) is 1. The molecule has 1 aliphatic carbocycles. The Morgan fingerprint density at radius 3 is 3.00 bits per heavy atom. The van der Waals surface area contributed by atoms with Gasteiger partial charge in [0, 0.05) is 19.1 Å². The van der Waals surface area contributed by atoms with E-state index >= 15 is 0 Å². The molecule has 2 N–H and O–H groups in total. The number of nitrogens with zero attached hydrogens (tertiary/aromatic N) is 2. The molecular weight excluding hydrogens is 222 g/mol. The fourth-order valence-corrected chi connectivity index (χ4v) is 3.19. The number of nitrogens with two attached hydrogens (primary N) is 1. The average Bonchev–Trinajstić information content (AvgIpc) is 2.85. The van der Waals surface area contributed by atoms with E-state index in [1.807, 2.05) is 6.07 Å². The van der Waals surface area contributed by atoms with Crippen LogP contribution in [0.1, 0.15) is 25.0 Å². The first-order valence-corrected chi connectivity index (χ1v) is 6.25. The zero-order valence-electron chi connectivity index (χ0n) is 9.19. The van der Waals surface area contributed by atoms with Crippen molar-refractivity contribution in [2.75, 3.05) is 12.3 Å². The summed E-state index contributed by atoms with van der Waals surface area (Å²) >= 11 is 6.13. The molecule has 2 bridgehead atoms. The lowest BCUT2D eigenvalue weighted by Gasteiger charge is -2.26. The van der Waals surface area contributed by atoms with Crippen LogP contribution in [0.4, 0.5) is 5.82 Å². The highest BCUT2D eigenvalue weighted by Crippen LogP contribution is 2.38. The number of hydrogen-bond acceptors (Lipinski definition) is 3. The first-order chi connectivity index (χ1) is 7.72. The van der Waals surface area contributed by atoms with Crippen molar-refractivity contribution in [3.8, 4) is 0 Å². The molecule has 3 nitrogen and oxygen atoms in total. The van der Waals surface area contributed by atoms with Gasteiger partial charge in [-0.3, -0.25) is 4.90 Å². The maximum absolute atomic E-state index is 6.13. The molecule has 2 atom stereocenters. The third kappa shape index (κ3) is 1.78. The Hall–Kier alpha value is -0.800. The van der Waals surface area contributed by atoms with Crippen LogP contribution >= 0.6 is 11.6 Å². The molecule has 16 heavy (non-hydrogen) atoms. The monoisotopic (exact) mass is 237 g/mol. The number of anilines is 1. The Bertz CT molecular complexity index is 407. The molecule has 1 saturated carbocycles. The van der Waals surface area contributed by atoms with Gasteiger partial charge in [0.2, 0.25) is 0 Å². The first-order valence-electron chi connectivity index (χ1n) is 5.87. The normalized spacial score (nSPS) is 28.8. The summed E-state index contributed by atoms with van der Waals surface area (Å²) in [5.41, 5.74) is 6.61. The van der Waals surface area contributed by atoms with E-state index in [1.54, 1.807) is 6.07 Å². The third-order valence-electron chi connectivity index (χ3n) is 3.82. The van der Waals surface area contributed by atoms with Crippen LogP contribution in [0.2, 0.25) is 5.02 Å². The average molecular weight is 238 g/mol. The Balaban J connectivity index is 1.76. The SMILES string of the molecule is Nc1ccc(Cl)c(CN2CC3CCC2C3)n1. The van der Waals surface area contributed by atoms with Crippen molar-refractivity contribution >= 4 is 17.4 Å². The van der Waals surface area contributed by atoms with Gasteiger partial charge in [-0.1, -0.05) is 11.6 Å². The fraction of sp³-hybridized carbons (Fsp3) is 0.583. The molecule has 4 heteroatoms. The van der Waals surface area contributed by atoms with Gasteiger partial charge < -0.3 is 5.73 Å². The highest BCUT2D eigenvalue weighted by atomic mass is 35.5. The number of pyridine rings is 1. The minimum Gasteiger partial charge on any atom is -0.384 e. The number of halogens is 1. The van der Waals surface area contributed by atoms with E-state index in [4.69, 9.17) is 17.3 Å². The molecule has 1 aliphatic heterocycles. The zero-order chi connectivity index (χ0) is 11.1. The quantitative estimate of drug-likeness (QED) is 0.858. The number of rotatable bonds is 2. The van der Waals surface area contributed by atoms with Crippen LogP contribution in [-0.2, 0) is 6.54 Å². The molecule has 86 valence electrons. The molecule has 1 aromatic heterocycles. The number of nitrogen functional groups attached to an aromatic ring is 1. The molecule has 2 aliphatic rings. The molecule has 3 rings (SSSR count). The molecule has 2 heterocycles. The molecule has 2 unspecified atom stereocenters. The molecule has 0 spiro atoms. The second kappa shape index (κ2) is 3.90. The van der Waals surface area contributed by atoms with Gasteiger partial charge in [0.15, 0.2) is 0 Å². The topological polar surface area (TPSA) is 42.1 Å². The summed E-state index contributed by atoms with van der Waals surface area (Å²) in [6, 6.07) is 4.35. The van der Waals surface area contributed by atoms with E-state index in [0.717, 1.165) is 29.2 Å². The maximum atomic E-state index is 6.13. The minimum atomic E-state index is 0.559. The van der Waals surface area contributed by atoms with E-state index in [-0.39, 0.29) is 0 Å². The van der Waals surface area contributed by atoms with Gasteiger partial charge in [0.1, 0.15) is 5.82 Å². The highest BCUT2D eigenvalue weighted by Gasteiger charge is 2.37. The van der Waals surface area contributed by atoms with Crippen molar-refractivity contribution in [3.05, 3.63) is 22.8 Å². The van der Waals surface area contributed by atoms with Crippen molar-refractivity contribution in [2.45, 2.75) is 31.8 Å². The molecule has 1 saturated heterocycles. The molecule has 2 fully saturated rings. The van der Waals surface area contributed by atoms with E-state index in [1.165, 1.54) is 25.8 Å². The first kappa shape index (κ1) is 10.4. The van der Waals surface area contributed by atoms with Gasteiger partial charge in [-0.05, 0) is 37.3 Å². The lowest BCUT2D eigenvalue weighted by molar-refractivity contribution is 0.203. The Kier molecular flexibility index (Phi) is 2.52. The van der Waals surface area contributed by atoms with Crippen LogP contribution in [0.3, 0.4) is 0 Å². The number of fused-ring (bicyclic) bond motifs is 2. The second-order valence-corrected chi connectivity index (χ2v) is 5.33. The van der Waals surface area contributed by atoms with Crippen molar-refractivity contribution < 1.29 is 0 Å². The molecule has 0 aromatic carbocycles. The number of likely N-dealkylation sites (tertiary alicyclic amines) is 1. The fourth-order valence-electron chi connectivity index (χ4n) is 3.02. The van der Waals surface area contributed by atoms with Crippen molar-refractivity contribution in [1.29, 1.82) is 0 Å². The van der Waals surface area contributed by atoms with Gasteiger partial charge in [0.05, 0.1) is 10.7 Å². The van der Waals surface area contributed by atoms with Crippen molar-refractivity contribution in [1.82, 2.24) is 9.88 Å². The van der Waals surface area contributed by atoms with Crippen molar-refractivity contribution in [2.24, 2.45) is 5.92 Å². The predicted molar refractivity (Wildman–Crippen MR) is 65.2 cm³/mol. The van der Waals surface area contributed by atoms with Crippen LogP contribution in [0.15, 0.2) is 12.1 Å². The summed E-state index contributed by atoms with van der Waals surface area (Å²) in [7, 11) is 0. The van der Waals surface area contributed by atoms with Gasteiger partial charge in [-0.15, -0.1) is 0 Å². The van der Waals surface area contributed by atoms with Gasteiger partial charge in [-0.25, -0.2) is 4.98 Å². The molecule has 0 radical (unpaired) electrons. The highest BCUT2D eigenvalue weighted by molar-refractivity contribution is 6.31. The third-order valence-corrected chi connectivity index (χ3v) is 4.16. The second-order valence-electron chi connectivity index (χ2n) is 4.93. The lowest BCUT2D eigenvalue weighted by Crippen LogP contribution is -2.31. The van der Waals surface area contributed by atoms with Crippen LogP contribution in [0.5, 0.6) is 0 Å². The van der Waals surface area contributed by atoms with E-state index in [2.05, 4.69) is 9.88 Å². The summed E-state index contributed by atoms with van der Waals surface area (Å²) in [4.78, 5) is 6.83. The Morgan fingerprint density at radius 1 is 1.44 bits per heavy atom. The molecular formula is C12H16ClN3. The summed E-state index contributed by atoms with van der Waals surface area (Å²) in [6.45, 7) is 2.06. The standard InChI is InChI=1S/C12H16ClN3/c13-10-3-4-12(14)15-11(10)7-16-6-8-1-2-9(16)5-8/h3-4,8-9H,1-2,5-7H2,(H2,14,15). The Morgan fingerprint density at radius 2 is 2.31 bits per heavy atom. The summed E-state index contributed by atoms with van der Waals surface area (Å²) in [5, 5.41) is 0.733. The van der Waals surface area contributed by atoms with E-state index < -0.39 is 0 Å².